The minimum Gasteiger partial charge on any atom is -0.325 e. The number of nitrogens with one attached hydrogen (secondary N) is 1. The van der Waals surface area contributed by atoms with Crippen LogP contribution in [0.1, 0.15) is 17.5 Å². The molecule has 0 saturated carbocycles. The largest absolute Gasteiger partial charge is 0.325 e. The van der Waals surface area contributed by atoms with Crippen molar-refractivity contribution in [2.75, 3.05) is 11.4 Å². The fourth-order valence-corrected chi connectivity index (χ4v) is 3.09. The van der Waals surface area contributed by atoms with E-state index in [1.54, 1.807) is 0 Å². The predicted octanol–water partition coefficient (Wildman–Crippen LogP) is 2.77. The molecule has 5 heteroatoms. The van der Waals surface area contributed by atoms with Gasteiger partial charge in [-0.1, -0.05) is 17.7 Å². The average molecular weight is 367 g/mol. The normalized spacial score (nSPS) is 14.3. The number of halogens is 1. The van der Waals surface area contributed by atoms with Gasteiger partial charge < -0.3 is 9.88 Å². The van der Waals surface area contributed by atoms with Crippen molar-refractivity contribution in [3.63, 3.8) is 0 Å². The number of anilines is 2. The summed E-state index contributed by atoms with van der Waals surface area (Å²) in [5, 5.41) is 0. The zero-order valence-electron chi connectivity index (χ0n) is 10.6. The van der Waals surface area contributed by atoms with Gasteiger partial charge >= 0.3 is 0 Å². The predicted molar refractivity (Wildman–Crippen MR) is 84.1 cm³/mol. The van der Waals surface area contributed by atoms with E-state index in [4.69, 9.17) is 0 Å². The minimum absolute atomic E-state index is 0.0789. The summed E-state index contributed by atoms with van der Waals surface area (Å²) in [4.78, 5) is 20.8. The van der Waals surface area contributed by atoms with Gasteiger partial charge in [0.15, 0.2) is 5.82 Å². The average Bonchev–Trinajstić information content (AvgIpc) is 2.41. The zero-order chi connectivity index (χ0) is 13.4. The lowest BCUT2D eigenvalue weighted by atomic mass is 9.99. The molecule has 98 valence electrons. The molecule has 1 aliphatic heterocycles. The molecule has 1 aromatic heterocycles. The molecular formula is C14H14IN3O. The SMILES string of the molecule is Cc1ccc2c(c1)CCCN2c1nc[nH]c(=O)c1I. The van der Waals surface area contributed by atoms with Crippen LogP contribution in [-0.4, -0.2) is 16.5 Å². The van der Waals surface area contributed by atoms with Crippen LogP contribution < -0.4 is 10.5 Å². The first kappa shape index (κ1) is 12.7. The fraction of sp³-hybridized carbons (Fsp3) is 0.286. The third-order valence-corrected chi connectivity index (χ3v) is 4.36. The van der Waals surface area contributed by atoms with E-state index in [-0.39, 0.29) is 5.56 Å². The quantitative estimate of drug-likeness (QED) is 0.789. The van der Waals surface area contributed by atoms with Crippen LogP contribution in [-0.2, 0) is 6.42 Å². The van der Waals surface area contributed by atoms with Gasteiger partial charge in [-0.25, -0.2) is 4.98 Å². The summed E-state index contributed by atoms with van der Waals surface area (Å²) in [5.41, 5.74) is 3.70. The molecule has 0 fully saturated rings. The number of aromatic nitrogens is 2. The van der Waals surface area contributed by atoms with Gasteiger partial charge in [-0.2, -0.15) is 0 Å². The summed E-state index contributed by atoms with van der Waals surface area (Å²) in [7, 11) is 0. The van der Waals surface area contributed by atoms with Crippen molar-refractivity contribution in [1.82, 2.24) is 9.97 Å². The fourth-order valence-electron chi connectivity index (χ4n) is 2.51. The van der Waals surface area contributed by atoms with Crippen molar-refractivity contribution >= 4 is 34.1 Å². The lowest BCUT2D eigenvalue weighted by Crippen LogP contribution is -2.28. The van der Waals surface area contributed by atoms with Crippen molar-refractivity contribution in [2.24, 2.45) is 0 Å². The lowest BCUT2D eigenvalue weighted by Gasteiger charge is -2.31. The van der Waals surface area contributed by atoms with E-state index >= 15 is 0 Å². The van der Waals surface area contributed by atoms with Crippen molar-refractivity contribution in [2.45, 2.75) is 19.8 Å². The molecule has 0 unspecified atom stereocenters. The maximum absolute atomic E-state index is 11.7. The first-order valence-electron chi connectivity index (χ1n) is 6.27. The highest BCUT2D eigenvalue weighted by atomic mass is 127. The van der Waals surface area contributed by atoms with E-state index in [9.17, 15) is 4.79 Å². The Morgan fingerprint density at radius 3 is 3.11 bits per heavy atom. The van der Waals surface area contributed by atoms with Crippen LogP contribution in [0.15, 0.2) is 29.3 Å². The second-order valence-corrected chi connectivity index (χ2v) is 5.84. The third kappa shape index (κ3) is 2.27. The summed E-state index contributed by atoms with van der Waals surface area (Å²) in [6.45, 7) is 3.01. The molecule has 0 radical (unpaired) electrons. The second-order valence-electron chi connectivity index (χ2n) is 4.76. The maximum Gasteiger partial charge on any atom is 0.266 e. The highest BCUT2D eigenvalue weighted by Crippen LogP contribution is 2.33. The summed E-state index contributed by atoms with van der Waals surface area (Å²) in [5.74, 6) is 0.758. The second kappa shape index (κ2) is 4.96. The van der Waals surface area contributed by atoms with E-state index in [0.29, 0.717) is 3.57 Å². The summed E-state index contributed by atoms with van der Waals surface area (Å²) in [6, 6.07) is 6.46. The summed E-state index contributed by atoms with van der Waals surface area (Å²) < 4.78 is 0.647. The molecule has 2 aromatic rings. The molecule has 0 atom stereocenters. The van der Waals surface area contributed by atoms with Crippen LogP contribution in [0.5, 0.6) is 0 Å². The smallest absolute Gasteiger partial charge is 0.266 e. The molecule has 0 spiro atoms. The molecule has 0 aliphatic carbocycles. The Balaban J connectivity index is 2.14. The Labute approximate surface area is 125 Å². The number of rotatable bonds is 1. The van der Waals surface area contributed by atoms with Crippen LogP contribution in [0.25, 0.3) is 0 Å². The summed E-state index contributed by atoms with van der Waals surface area (Å²) >= 11 is 2.06. The number of fused-ring (bicyclic) bond motifs is 1. The lowest BCUT2D eigenvalue weighted by molar-refractivity contribution is 0.755. The van der Waals surface area contributed by atoms with Crippen LogP contribution in [0.4, 0.5) is 11.5 Å². The molecule has 0 saturated heterocycles. The molecule has 0 amide bonds. The zero-order valence-corrected chi connectivity index (χ0v) is 12.8. The van der Waals surface area contributed by atoms with Gasteiger partial charge in [0.05, 0.1) is 6.33 Å². The Morgan fingerprint density at radius 2 is 2.26 bits per heavy atom. The van der Waals surface area contributed by atoms with Gasteiger partial charge in [-0.3, -0.25) is 4.79 Å². The molecule has 1 N–H and O–H groups in total. The molecule has 2 heterocycles. The molecule has 1 aromatic carbocycles. The highest BCUT2D eigenvalue weighted by Gasteiger charge is 2.21. The standard InChI is InChI=1S/C14H14IN3O/c1-9-4-5-11-10(7-9)3-2-6-18(11)13-12(15)14(19)17-8-16-13/h4-5,7-8H,2-3,6H2,1H3,(H,16,17,19). The van der Waals surface area contributed by atoms with Gasteiger partial charge in [-0.05, 0) is 54.0 Å². The first-order chi connectivity index (χ1) is 9.16. The van der Waals surface area contributed by atoms with Crippen LogP contribution in [0.2, 0.25) is 0 Å². The molecule has 4 nitrogen and oxygen atoms in total. The number of hydrogen-bond donors (Lipinski definition) is 1. The van der Waals surface area contributed by atoms with E-state index in [0.717, 1.165) is 25.2 Å². The molecule has 0 bridgehead atoms. The Bertz CT molecular complexity index is 681. The van der Waals surface area contributed by atoms with Crippen molar-refractivity contribution in [1.29, 1.82) is 0 Å². The third-order valence-electron chi connectivity index (χ3n) is 3.39. The Kier molecular flexibility index (Phi) is 3.30. The highest BCUT2D eigenvalue weighted by molar-refractivity contribution is 14.1. The van der Waals surface area contributed by atoms with E-state index in [2.05, 4.69) is 62.6 Å². The number of H-pyrrole nitrogens is 1. The van der Waals surface area contributed by atoms with Crippen LogP contribution in [0, 0.1) is 10.5 Å². The van der Waals surface area contributed by atoms with Crippen LogP contribution in [0.3, 0.4) is 0 Å². The van der Waals surface area contributed by atoms with E-state index < -0.39 is 0 Å². The number of benzene rings is 1. The topological polar surface area (TPSA) is 49.0 Å². The van der Waals surface area contributed by atoms with Gasteiger partial charge in [0, 0.05) is 12.2 Å². The molecule has 3 rings (SSSR count). The Morgan fingerprint density at radius 1 is 1.42 bits per heavy atom. The van der Waals surface area contributed by atoms with Crippen molar-refractivity contribution in [3.05, 3.63) is 49.6 Å². The number of aromatic amines is 1. The maximum atomic E-state index is 11.7. The number of hydrogen-bond acceptors (Lipinski definition) is 3. The summed E-state index contributed by atoms with van der Waals surface area (Å²) in [6.07, 6.45) is 3.65. The van der Waals surface area contributed by atoms with Gasteiger partial charge in [0.2, 0.25) is 0 Å². The Hall–Kier alpha value is -1.37. The van der Waals surface area contributed by atoms with Crippen LogP contribution >= 0.6 is 22.6 Å². The minimum atomic E-state index is -0.0789. The first-order valence-corrected chi connectivity index (χ1v) is 7.35. The van der Waals surface area contributed by atoms with Gasteiger partial charge in [0.25, 0.3) is 5.56 Å². The van der Waals surface area contributed by atoms with Crippen molar-refractivity contribution < 1.29 is 0 Å². The number of aryl methyl sites for hydroxylation is 2. The van der Waals surface area contributed by atoms with Gasteiger partial charge in [0.1, 0.15) is 3.57 Å². The monoisotopic (exact) mass is 367 g/mol. The van der Waals surface area contributed by atoms with Gasteiger partial charge in [-0.15, -0.1) is 0 Å². The van der Waals surface area contributed by atoms with E-state index in [1.165, 1.54) is 23.1 Å². The molecule has 1 aliphatic rings. The molecular weight excluding hydrogens is 353 g/mol. The molecule has 19 heavy (non-hydrogen) atoms. The van der Waals surface area contributed by atoms with Crippen molar-refractivity contribution in [3.8, 4) is 0 Å². The van der Waals surface area contributed by atoms with E-state index in [1.807, 2.05) is 0 Å². The number of nitrogens with zero attached hydrogens (tertiary/aromatic N) is 2.